The zero-order valence-electron chi connectivity index (χ0n) is 10.8. The maximum atomic E-state index is 6.06. The highest BCUT2D eigenvalue weighted by Gasteiger charge is 2.01. The summed E-state index contributed by atoms with van der Waals surface area (Å²) < 4.78 is 3.30. The van der Waals surface area contributed by atoms with Gasteiger partial charge >= 0.3 is 0 Å². The Morgan fingerprint density at radius 3 is 2.85 bits per heavy atom. The first kappa shape index (κ1) is 13.5. The van der Waals surface area contributed by atoms with Gasteiger partial charge < -0.3 is 9.88 Å². The summed E-state index contributed by atoms with van der Waals surface area (Å²) in [5.41, 5.74) is 2.29. The molecule has 4 heteroatoms. The van der Waals surface area contributed by atoms with Crippen molar-refractivity contribution in [2.24, 2.45) is 0 Å². The number of anilines is 1. The third-order valence-electron chi connectivity index (χ3n) is 3.24. The zero-order chi connectivity index (χ0) is 13.9. The number of hydrogen-bond acceptors (Lipinski definition) is 1. The molecule has 0 aliphatic rings. The second-order valence-electron chi connectivity index (χ2n) is 4.65. The Morgan fingerprint density at radius 1 is 1.10 bits per heavy atom. The molecule has 0 bridgehead atoms. The van der Waals surface area contributed by atoms with Crippen LogP contribution in [0.15, 0.2) is 59.2 Å². The molecule has 102 valence electrons. The van der Waals surface area contributed by atoms with Gasteiger partial charge in [0.15, 0.2) is 0 Å². The van der Waals surface area contributed by atoms with Crippen molar-refractivity contribution in [2.75, 3.05) is 11.9 Å². The first-order chi connectivity index (χ1) is 9.72. The molecule has 20 heavy (non-hydrogen) atoms. The summed E-state index contributed by atoms with van der Waals surface area (Å²) in [6.45, 7) is 1.77. The maximum Gasteiger partial charge on any atom is 0.0495 e. The zero-order valence-corrected chi connectivity index (χ0v) is 13.2. The van der Waals surface area contributed by atoms with Gasteiger partial charge in [0.1, 0.15) is 0 Å². The molecule has 0 spiro atoms. The Hall–Kier alpha value is -1.45. The molecule has 0 amide bonds. The summed E-state index contributed by atoms with van der Waals surface area (Å²) in [5.74, 6) is 0. The standard InChI is InChI=1S/C16H14BrClN2/c17-13-2-1-3-15(10-13)19-7-9-20-8-6-12-4-5-14(18)11-16(12)20/h1-6,8,10-11,19H,7,9H2. The molecule has 0 aliphatic carbocycles. The van der Waals surface area contributed by atoms with Crippen LogP contribution in [0.2, 0.25) is 5.02 Å². The monoisotopic (exact) mass is 348 g/mol. The van der Waals surface area contributed by atoms with E-state index in [1.807, 2.05) is 24.3 Å². The minimum atomic E-state index is 0.775. The molecular formula is C16H14BrClN2. The normalized spacial score (nSPS) is 10.9. The number of fused-ring (bicyclic) bond motifs is 1. The van der Waals surface area contributed by atoms with Crippen molar-refractivity contribution in [3.63, 3.8) is 0 Å². The summed E-state index contributed by atoms with van der Waals surface area (Å²) >= 11 is 9.53. The van der Waals surface area contributed by atoms with E-state index >= 15 is 0 Å². The van der Waals surface area contributed by atoms with Crippen LogP contribution in [0.5, 0.6) is 0 Å². The van der Waals surface area contributed by atoms with Gasteiger partial charge in [-0.25, -0.2) is 0 Å². The molecule has 1 heterocycles. The molecule has 3 aromatic rings. The largest absolute Gasteiger partial charge is 0.383 e. The van der Waals surface area contributed by atoms with E-state index in [2.05, 4.69) is 56.3 Å². The number of nitrogens with zero attached hydrogens (tertiary/aromatic N) is 1. The smallest absolute Gasteiger partial charge is 0.0495 e. The molecule has 1 aromatic heterocycles. The Balaban J connectivity index is 1.69. The summed E-state index contributed by atoms with van der Waals surface area (Å²) in [4.78, 5) is 0. The van der Waals surface area contributed by atoms with Crippen molar-refractivity contribution in [1.29, 1.82) is 0 Å². The van der Waals surface area contributed by atoms with Gasteiger partial charge in [0.05, 0.1) is 0 Å². The van der Waals surface area contributed by atoms with Gasteiger partial charge in [0.25, 0.3) is 0 Å². The van der Waals surface area contributed by atoms with Crippen molar-refractivity contribution in [2.45, 2.75) is 6.54 Å². The van der Waals surface area contributed by atoms with Gasteiger partial charge in [0, 0.05) is 40.0 Å². The van der Waals surface area contributed by atoms with Crippen molar-refractivity contribution in [3.8, 4) is 0 Å². The van der Waals surface area contributed by atoms with Gasteiger partial charge in [0.2, 0.25) is 0 Å². The predicted octanol–water partition coefficient (Wildman–Crippen LogP) is 5.17. The predicted molar refractivity (Wildman–Crippen MR) is 89.6 cm³/mol. The Bertz CT molecular complexity index is 736. The summed E-state index contributed by atoms with van der Waals surface area (Å²) in [6, 6.07) is 16.3. The van der Waals surface area contributed by atoms with Crippen LogP contribution >= 0.6 is 27.5 Å². The minimum absolute atomic E-state index is 0.775. The topological polar surface area (TPSA) is 17.0 Å². The summed E-state index contributed by atoms with van der Waals surface area (Å²) in [7, 11) is 0. The van der Waals surface area contributed by atoms with E-state index in [1.54, 1.807) is 0 Å². The molecule has 0 fully saturated rings. The Kier molecular flexibility index (Phi) is 3.99. The number of nitrogens with one attached hydrogen (secondary N) is 1. The lowest BCUT2D eigenvalue weighted by Crippen LogP contribution is -2.09. The van der Waals surface area contributed by atoms with Crippen LogP contribution in [0, 0.1) is 0 Å². The van der Waals surface area contributed by atoms with Crippen LogP contribution in [0.25, 0.3) is 10.9 Å². The molecule has 3 rings (SSSR count). The first-order valence-electron chi connectivity index (χ1n) is 6.46. The molecule has 0 aliphatic heterocycles. The molecule has 2 nitrogen and oxygen atoms in total. The van der Waals surface area contributed by atoms with Crippen molar-refractivity contribution >= 4 is 44.1 Å². The lowest BCUT2D eigenvalue weighted by Gasteiger charge is -2.09. The average molecular weight is 350 g/mol. The van der Waals surface area contributed by atoms with Gasteiger partial charge in [-0.3, -0.25) is 0 Å². The summed E-state index contributed by atoms with van der Waals surface area (Å²) in [6.07, 6.45) is 2.10. The highest BCUT2D eigenvalue weighted by atomic mass is 79.9. The fourth-order valence-electron chi connectivity index (χ4n) is 2.27. The Morgan fingerprint density at radius 2 is 2.00 bits per heavy atom. The van der Waals surface area contributed by atoms with E-state index in [9.17, 15) is 0 Å². The molecule has 0 saturated heterocycles. The van der Waals surface area contributed by atoms with E-state index in [0.717, 1.165) is 28.3 Å². The molecule has 0 saturated carbocycles. The maximum absolute atomic E-state index is 6.06. The van der Waals surface area contributed by atoms with E-state index in [4.69, 9.17) is 11.6 Å². The molecule has 0 radical (unpaired) electrons. The highest BCUT2D eigenvalue weighted by Crippen LogP contribution is 2.20. The van der Waals surface area contributed by atoms with E-state index in [0.29, 0.717) is 0 Å². The Labute approximate surface area is 131 Å². The van der Waals surface area contributed by atoms with Gasteiger partial charge in [-0.2, -0.15) is 0 Å². The molecule has 2 aromatic carbocycles. The molecule has 0 unspecified atom stereocenters. The van der Waals surface area contributed by atoms with Gasteiger partial charge in [-0.1, -0.05) is 39.7 Å². The van der Waals surface area contributed by atoms with Crippen LogP contribution in [0.1, 0.15) is 0 Å². The van der Waals surface area contributed by atoms with E-state index < -0.39 is 0 Å². The lowest BCUT2D eigenvalue weighted by molar-refractivity contribution is 0.757. The van der Waals surface area contributed by atoms with Crippen molar-refractivity contribution < 1.29 is 0 Å². The fourth-order valence-corrected chi connectivity index (χ4v) is 2.84. The summed E-state index contributed by atoms with van der Waals surface area (Å²) in [5, 5.41) is 5.41. The van der Waals surface area contributed by atoms with Crippen LogP contribution in [0.3, 0.4) is 0 Å². The van der Waals surface area contributed by atoms with Crippen LogP contribution in [0.4, 0.5) is 5.69 Å². The molecule has 1 N–H and O–H groups in total. The number of aromatic nitrogens is 1. The fraction of sp³-hybridized carbons (Fsp3) is 0.125. The average Bonchev–Trinajstić information content (AvgIpc) is 2.82. The third kappa shape index (κ3) is 3.00. The molecule has 0 atom stereocenters. The number of halogens is 2. The SMILES string of the molecule is Clc1ccc2ccn(CCNc3cccc(Br)c3)c2c1. The lowest BCUT2D eigenvalue weighted by atomic mass is 10.2. The van der Waals surface area contributed by atoms with Gasteiger partial charge in [-0.15, -0.1) is 0 Å². The van der Waals surface area contributed by atoms with Gasteiger partial charge in [-0.05, 0) is 41.8 Å². The van der Waals surface area contributed by atoms with Crippen molar-refractivity contribution in [3.05, 3.63) is 64.2 Å². The second kappa shape index (κ2) is 5.90. The van der Waals surface area contributed by atoms with E-state index in [1.165, 1.54) is 10.9 Å². The number of hydrogen-bond donors (Lipinski definition) is 1. The highest BCUT2D eigenvalue weighted by molar-refractivity contribution is 9.10. The number of rotatable bonds is 4. The quantitative estimate of drug-likeness (QED) is 0.687. The first-order valence-corrected chi connectivity index (χ1v) is 7.63. The van der Waals surface area contributed by atoms with E-state index in [-0.39, 0.29) is 0 Å². The van der Waals surface area contributed by atoms with Crippen LogP contribution in [-0.4, -0.2) is 11.1 Å². The minimum Gasteiger partial charge on any atom is -0.383 e. The van der Waals surface area contributed by atoms with Crippen molar-refractivity contribution in [1.82, 2.24) is 4.57 Å². The van der Waals surface area contributed by atoms with Crippen LogP contribution in [-0.2, 0) is 6.54 Å². The third-order valence-corrected chi connectivity index (χ3v) is 3.97. The second-order valence-corrected chi connectivity index (χ2v) is 6.00. The van der Waals surface area contributed by atoms with Crippen LogP contribution < -0.4 is 5.32 Å². The number of benzene rings is 2. The molecular weight excluding hydrogens is 336 g/mol.